The molecule has 0 saturated carbocycles. The van der Waals surface area contributed by atoms with E-state index < -0.39 is 26.3 Å². The van der Waals surface area contributed by atoms with Gasteiger partial charge in [-0.05, 0) is 61.7 Å². The SMILES string of the molecule is Cc1c(-c2cc(OC(CO[Si](C)(C)C(C)(C)C)c3ccc(F)cn3)c3ccnn3c2)nnn1C1CCN(C(=O)O)CC1C. The van der Waals surface area contributed by atoms with Gasteiger partial charge >= 0.3 is 6.09 Å². The summed E-state index contributed by atoms with van der Waals surface area (Å²) >= 11 is 0. The minimum Gasteiger partial charge on any atom is -0.479 e. The first-order valence-electron chi connectivity index (χ1n) is 14.5. The average Bonchev–Trinajstić information content (AvgIpc) is 3.57. The molecule has 0 bridgehead atoms. The van der Waals surface area contributed by atoms with Crippen molar-refractivity contribution in [2.24, 2.45) is 5.92 Å². The fraction of sp³-hybridized carbons (Fsp3) is 0.500. The number of hydrogen-bond acceptors (Lipinski definition) is 7. The number of aromatic nitrogens is 6. The number of likely N-dealkylation sites (tertiary alicyclic amines) is 1. The topological polar surface area (TPSA) is 120 Å². The number of halogens is 1. The summed E-state index contributed by atoms with van der Waals surface area (Å²) in [7, 11) is -2.13. The Morgan fingerprint density at radius 2 is 2.02 bits per heavy atom. The highest BCUT2D eigenvalue weighted by Crippen LogP contribution is 2.38. The molecule has 4 aromatic heterocycles. The Balaban J connectivity index is 1.48. The Bertz CT molecular complexity index is 1600. The molecule has 4 aromatic rings. The lowest BCUT2D eigenvalue weighted by Crippen LogP contribution is -2.43. The van der Waals surface area contributed by atoms with E-state index in [1.807, 2.05) is 36.9 Å². The van der Waals surface area contributed by atoms with Gasteiger partial charge in [0.05, 0.1) is 36.4 Å². The molecule has 1 fully saturated rings. The maximum atomic E-state index is 13.8. The maximum absolute atomic E-state index is 13.8. The van der Waals surface area contributed by atoms with Gasteiger partial charge in [0.15, 0.2) is 14.4 Å². The molecular weight excluding hydrogens is 569 g/mol. The minimum absolute atomic E-state index is 0.00248. The molecule has 11 nitrogen and oxygen atoms in total. The molecule has 43 heavy (non-hydrogen) atoms. The third-order valence-electron chi connectivity index (χ3n) is 8.87. The molecule has 5 rings (SSSR count). The Labute approximate surface area is 251 Å². The highest BCUT2D eigenvalue weighted by molar-refractivity contribution is 6.74. The smallest absolute Gasteiger partial charge is 0.407 e. The molecule has 3 atom stereocenters. The van der Waals surface area contributed by atoms with E-state index in [1.54, 1.807) is 16.8 Å². The minimum atomic E-state index is -2.13. The van der Waals surface area contributed by atoms with Crippen molar-refractivity contribution in [3.8, 4) is 17.0 Å². The zero-order chi connectivity index (χ0) is 31.1. The number of rotatable bonds is 8. The van der Waals surface area contributed by atoms with Crippen molar-refractivity contribution in [1.82, 2.24) is 34.5 Å². The van der Waals surface area contributed by atoms with Gasteiger partial charge in [0, 0.05) is 24.8 Å². The number of fused-ring (bicyclic) bond motifs is 1. The van der Waals surface area contributed by atoms with E-state index in [4.69, 9.17) is 9.16 Å². The number of carboxylic acid groups (broad SMARTS) is 1. The Morgan fingerprint density at radius 1 is 1.26 bits per heavy atom. The van der Waals surface area contributed by atoms with Crippen molar-refractivity contribution in [2.45, 2.75) is 71.3 Å². The number of ether oxygens (including phenoxy) is 1. The molecule has 5 heterocycles. The van der Waals surface area contributed by atoms with Gasteiger partial charge in [-0.25, -0.2) is 18.4 Å². The van der Waals surface area contributed by atoms with Gasteiger partial charge in [-0.15, -0.1) is 5.10 Å². The summed E-state index contributed by atoms with van der Waals surface area (Å²) in [5, 5.41) is 22.9. The molecule has 3 unspecified atom stereocenters. The van der Waals surface area contributed by atoms with Gasteiger partial charge in [0.25, 0.3) is 0 Å². The molecule has 1 N–H and O–H groups in total. The lowest BCUT2D eigenvalue weighted by atomic mass is 9.94. The Hall–Kier alpha value is -3.84. The van der Waals surface area contributed by atoms with Gasteiger partial charge in [0.2, 0.25) is 0 Å². The van der Waals surface area contributed by atoms with Gasteiger partial charge in [0.1, 0.15) is 22.8 Å². The van der Waals surface area contributed by atoms with E-state index in [0.29, 0.717) is 36.6 Å². The van der Waals surface area contributed by atoms with Crippen LogP contribution in [0.2, 0.25) is 18.1 Å². The molecular formula is C30H40FN7O4Si. The molecule has 0 spiro atoms. The van der Waals surface area contributed by atoms with Crippen molar-refractivity contribution in [3.05, 3.63) is 60.1 Å². The van der Waals surface area contributed by atoms with Crippen LogP contribution in [-0.2, 0) is 4.43 Å². The summed E-state index contributed by atoms with van der Waals surface area (Å²) in [4.78, 5) is 17.3. The molecule has 13 heteroatoms. The quantitative estimate of drug-likeness (QED) is 0.237. The Morgan fingerprint density at radius 3 is 2.67 bits per heavy atom. The number of nitrogens with zero attached hydrogens (tertiary/aromatic N) is 7. The monoisotopic (exact) mass is 609 g/mol. The first-order chi connectivity index (χ1) is 20.2. The number of carbonyl (C=O) groups is 1. The predicted octanol–water partition coefficient (Wildman–Crippen LogP) is 6.14. The van der Waals surface area contributed by atoms with Crippen LogP contribution < -0.4 is 4.74 Å². The number of amides is 1. The van der Waals surface area contributed by atoms with Crippen LogP contribution in [-0.4, -0.2) is 73.7 Å². The van der Waals surface area contributed by atoms with Crippen LogP contribution in [0.3, 0.4) is 0 Å². The summed E-state index contributed by atoms with van der Waals surface area (Å²) < 4.78 is 30.6. The van der Waals surface area contributed by atoms with Gasteiger partial charge in [-0.2, -0.15) is 5.10 Å². The molecule has 1 saturated heterocycles. The van der Waals surface area contributed by atoms with Crippen LogP contribution in [0, 0.1) is 18.7 Å². The van der Waals surface area contributed by atoms with Crippen LogP contribution >= 0.6 is 0 Å². The molecule has 0 radical (unpaired) electrons. The van der Waals surface area contributed by atoms with E-state index in [-0.39, 0.29) is 23.6 Å². The van der Waals surface area contributed by atoms with E-state index >= 15 is 0 Å². The molecule has 0 aromatic carbocycles. The van der Waals surface area contributed by atoms with E-state index in [1.165, 1.54) is 17.2 Å². The van der Waals surface area contributed by atoms with Crippen molar-refractivity contribution >= 4 is 19.9 Å². The summed E-state index contributed by atoms with van der Waals surface area (Å²) in [6, 6.07) is 6.81. The fourth-order valence-electron chi connectivity index (χ4n) is 5.22. The highest BCUT2D eigenvalue weighted by atomic mass is 28.4. The summed E-state index contributed by atoms with van der Waals surface area (Å²) in [5.74, 6) is 0.215. The second kappa shape index (κ2) is 11.7. The molecule has 1 aliphatic rings. The maximum Gasteiger partial charge on any atom is 0.407 e. The number of pyridine rings is 2. The largest absolute Gasteiger partial charge is 0.479 e. The summed E-state index contributed by atoms with van der Waals surface area (Å²) in [6.45, 7) is 16.0. The zero-order valence-electron chi connectivity index (χ0n) is 25.8. The van der Waals surface area contributed by atoms with Gasteiger partial charge in [-0.3, -0.25) is 4.98 Å². The third kappa shape index (κ3) is 6.28. The zero-order valence-corrected chi connectivity index (χ0v) is 26.8. The number of hydrogen-bond donors (Lipinski definition) is 1. The van der Waals surface area contributed by atoms with Crippen LogP contribution in [0.25, 0.3) is 16.8 Å². The van der Waals surface area contributed by atoms with E-state index in [0.717, 1.165) is 16.8 Å². The second-order valence-corrected chi connectivity index (χ2v) is 17.7. The van der Waals surface area contributed by atoms with Crippen LogP contribution in [0.15, 0.2) is 42.9 Å². The van der Waals surface area contributed by atoms with Crippen LogP contribution in [0.1, 0.15) is 57.6 Å². The first-order valence-corrected chi connectivity index (χ1v) is 17.5. The van der Waals surface area contributed by atoms with Crippen LogP contribution in [0.4, 0.5) is 9.18 Å². The van der Waals surface area contributed by atoms with Crippen molar-refractivity contribution < 1.29 is 23.5 Å². The van der Waals surface area contributed by atoms with E-state index in [9.17, 15) is 14.3 Å². The van der Waals surface area contributed by atoms with Crippen molar-refractivity contribution in [2.75, 3.05) is 19.7 Å². The van der Waals surface area contributed by atoms with Crippen molar-refractivity contribution in [1.29, 1.82) is 0 Å². The lowest BCUT2D eigenvalue weighted by Gasteiger charge is -2.37. The summed E-state index contributed by atoms with van der Waals surface area (Å²) in [6.07, 6.45) is 3.93. The van der Waals surface area contributed by atoms with Gasteiger partial charge < -0.3 is 19.2 Å². The Kier molecular flexibility index (Phi) is 8.31. The van der Waals surface area contributed by atoms with E-state index in [2.05, 4.69) is 54.3 Å². The average molecular weight is 610 g/mol. The fourth-order valence-corrected chi connectivity index (χ4v) is 6.23. The molecule has 230 valence electrons. The molecule has 0 aliphatic carbocycles. The van der Waals surface area contributed by atoms with Crippen molar-refractivity contribution in [3.63, 3.8) is 0 Å². The first kappa shape index (κ1) is 30.6. The summed E-state index contributed by atoms with van der Waals surface area (Å²) in [5.41, 5.74) is 3.64. The highest BCUT2D eigenvalue weighted by Gasteiger charge is 2.38. The normalized spacial score (nSPS) is 18.7. The number of piperidine rings is 1. The standard InChI is InChI=1S/C30H40FN7O4Si/c1-19-16-36(29(39)40)13-11-24(19)38-20(2)28(34-35-38)21-14-26(25-10-12-33-37(25)17-21)42-27(23-9-8-22(31)15-32-23)18-41-43(6,7)30(3,4)5/h8-10,12,14-15,17,19,24,27H,11,13,16,18H2,1-7H3,(H,39,40). The lowest BCUT2D eigenvalue weighted by molar-refractivity contribution is 0.0996. The third-order valence-corrected chi connectivity index (χ3v) is 13.4. The second-order valence-electron chi connectivity index (χ2n) is 12.9. The molecule has 1 aliphatic heterocycles. The van der Waals surface area contributed by atoms with Gasteiger partial charge in [-0.1, -0.05) is 32.9 Å². The molecule has 1 amide bonds. The van der Waals surface area contributed by atoms with Crippen LogP contribution in [0.5, 0.6) is 5.75 Å². The predicted molar refractivity (Wildman–Crippen MR) is 162 cm³/mol.